The number of aliphatic hydroxyl groups is 1. The van der Waals surface area contributed by atoms with Gasteiger partial charge in [0.2, 0.25) is 0 Å². The molecule has 1 rings (SSSR count). The van der Waals surface area contributed by atoms with E-state index in [9.17, 15) is 22.4 Å². The molecule has 0 aromatic heterocycles. The van der Waals surface area contributed by atoms with Gasteiger partial charge in [0, 0.05) is 13.2 Å². The third kappa shape index (κ3) is 5.58. The smallest absolute Gasteiger partial charge is 0.396 e. The van der Waals surface area contributed by atoms with E-state index in [0.29, 0.717) is 25.3 Å². The van der Waals surface area contributed by atoms with Crippen molar-refractivity contribution in [3.8, 4) is 0 Å². The summed E-state index contributed by atoms with van der Waals surface area (Å²) in [6, 6.07) is 1.55. The fourth-order valence-electron chi connectivity index (χ4n) is 1.66. The van der Waals surface area contributed by atoms with Crippen LogP contribution in [0.25, 0.3) is 0 Å². The van der Waals surface area contributed by atoms with Crippen molar-refractivity contribution in [2.75, 3.05) is 18.5 Å². The molecule has 0 radical (unpaired) electrons. The maximum absolute atomic E-state index is 13.5. The first kappa shape index (κ1) is 17.2. The lowest BCUT2D eigenvalue weighted by Crippen LogP contribution is -2.31. The third-order valence-electron chi connectivity index (χ3n) is 2.68. The lowest BCUT2D eigenvalue weighted by atomic mass is 10.1. The highest BCUT2D eigenvalue weighted by Gasteiger charge is 2.35. The van der Waals surface area contributed by atoms with Crippen LogP contribution in [-0.2, 0) is 6.18 Å². The van der Waals surface area contributed by atoms with Gasteiger partial charge in [-0.05, 0) is 31.4 Å². The number of aliphatic hydroxyl groups excluding tert-OH is 1. The average Bonchev–Trinajstić information content (AvgIpc) is 2.39. The summed E-state index contributed by atoms with van der Waals surface area (Å²) in [7, 11) is 0. The van der Waals surface area contributed by atoms with Crippen LogP contribution in [0.15, 0.2) is 18.2 Å². The number of para-hydroxylation sites is 1. The van der Waals surface area contributed by atoms with Gasteiger partial charge in [0.15, 0.2) is 0 Å². The first-order valence-electron chi connectivity index (χ1n) is 6.37. The fourth-order valence-corrected chi connectivity index (χ4v) is 1.66. The first-order chi connectivity index (χ1) is 9.86. The van der Waals surface area contributed by atoms with Gasteiger partial charge >= 0.3 is 12.2 Å². The minimum atomic E-state index is -4.76. The van der Waals surface area contributed by atoms with E-state index < -0.39 is 29.3 Å². The van der Waals surface area contributed by atoms with Gasteiger partial charge < -0.3 is 15.7 Å². The summed E-state index contributed by atoms with van der Waals surface area (Å²) in [6.07, 6.45) is -2.94. The normalized spacial score (nSPS) is 11.3. The molecular weight excluding hydrogens is 292 g/mol. The number of hydrogen-bond acceptors (Lipinski definition) is 2. The lowest BCUT2D eigenvalue weighted by molar-refractivity contribution is -0.137. The van der Waals surface area contributed by atoms with Crippen molar-refractivity contribution in [1.29, 1.82) is 0 Å². The zero-order valence-corrected chi connectivity index (χ0v) is 11.1. The van der Waals surface area contributed by atoms with E-state index >= 15 is 0 Å². The average molecular weight is 308 g/mol. The molecule has 8 heteroatoms. The number of benzene rings is 1. The molecule has 0 aliphatic rings. The van der Waals surface area contributed by atoms with Gasteiger partial charge in [-0.3, -0.25) is 0 Å². The molecule has 0 bridgehead atoms. The highest BCUT2D eigenvalue weighted by Crippen LogP contribution is 2.35. The van der Waals surface area contributed by atoms with Crippen molar-refractivity contribution in [2.24, 2.45) is 0 Å². The molecule has 0 aliphatic heterocycles. The van der Waals surface area contributed by atoms with Gasteiger partial charge in [-0.2, -0.15) is 13.2 Å². The summed E-state index contributed by atoms with van der Waals surface area (Å²) < 4.78 is 51.6. The number of carbonyl (C=O) groups excluding carboxylic acids is 1. The Hall–Kier alpha value is -1.83. The molecule has 21 heavy (non-hydrogen) atoms. The van der Waals surface area contributed by atoms with E-state index in [1.807, 2.05) is 5.32 Å². The molecule has 0 saturated heterocycles. The van der Waals surface area contributed by atoms with E-state index in [1.54, 1.807) is 0 Å². The highest BCUT2D eigenvalue weighted by molar-refractivity contribution is 5.90. The number of urea groups is 1. The molecule has 1 aromatic carbocycles. The topological polar surface area (TPSA) is 61.4 Å². The van der Waals surface area contributed by atoms with Crippen LogP contribution in [0, 0.1) is 5.82 Å². The summed E-state index contributed by atoms with van der Waals surface area (Å²) in [6.45, 7) is 0.262. The second-order valence-electron chi connectivity index (χ2n) is 4.33. The fraction of sp³-hybridized carbons (Fsp3) is 0.462. The van der Waals surface area contributed by atoms with Crippen LogP contribution >= 0.6 is 0 Å². The third-order valence-corrected chi connectivity index (χ3v) is 2.68. The standard InChI is InChI=1S/C13H16F4N2O2/c14-10-6-4-5-9(13(15,16)17)11(10)19-12(21)18-7-2-1-3-8-20/h4-6,20H,1-3,7-8H2,(H2,18,19,21). The number of carbonyl (C=O) groups is 1. The van der Waals surface area contributed by atoms with Crippen LogP contribution in [0.3, 0.4) is 0 Å². The molecule has 118 valence electrons. The number of hydrogen-bond donors (Lipinski definition) is 3. The Labute approximate surface area is 119 Å². The molecule has 2 amide bonds. The molecule has 3 N–H and O–H groups in total. The summed E-state index contributed by atoms with van der Waals surface area (Å²) >= 11 is 0. The van der Waals surface area contributed by atoms with Crippen molar-refractivity contribution in [1.82, 2.24) is 5.32 Å². The van der Waals surface area contributed by atoms with Crippen LogP contribution in [-0.4, -0.2) is 24.3 Å². The highest BCUT2D eigenvalue weighted by atomic mass is 19.4. The van der Waals surface area contributed by atoms with Gasteiger partial charge in [0.1, 0.15) is 5.82 Å². The Bertz CT molecular complexity index is 478. The summed E-state index contributed by atoms with van der Waals surface area (Å²) in [5.41, 5.74) is -2.13. The second kappa shape index (κ2) is 7.82. The van der Waals surface area contributed by atoms with Crippen LogP contribution in [0.4, 0.5) is 28.0 Å². The predicted molar refractivity (Wildman–Crippen MR) is 69.4 cm³/mol. The van der Waals surface area contributed by atoms with Gasteiger partial charge in [-0.25, -0.2) is 9.18 Å². The Balaban J connectivity index is 2.64. The van der Waals surface area contributed by atoms with E-state index in [0.717, 1.165) is 12.1 Å². The predicted octanol–water partition coefficient (Wildman–Crippen LogP) is 3.13. The maximum Gasteiger partial charge on any atom is 0.418 e. The molecule has 0 saturated carbocycles. The van der Waals surface area contributed by atoms with Crippen molar-refractivity contribution in [3.05, 3.63) is 29.6 Å². The number of anilines is 1. The van der Waals surface area contributed by atoms with Gasteiger partial charge in [-0.1, -0.05) is 6.07 Å². The van der Waals surface area contributed by atoms with E-state index in [-0.39, 0.29) is 13.2 Å². The maximum atomic E-state index is 13.5. The Morgan fingerprint density at radius 2 is 1.90 bits per heavy atom. The number of halogens is 4. The molecular formula is C13H16F4N2O2. The van der Waals surface area contributed by atoms with Crippen molar-refractivity contribution in [2.45, 2.75) is 25.4 Å². The van der Waals surface area contributed by atoms with Crippen molar-refractivity contribution >= 4 is 11.7 Å². The van der Waals surface area contributed by atoms with Crippen LogP contribution in [0.2, 0.25) is 0 Å². The van der Waals surface area contributed by atoms with Crippen LogP contribution in [0.5, 0.6) is 0 Å². The zero-order valence-electron chi connectivity index (χ0n) is 11.1. The molecule has 0 unspecified atom stereocenters. The minimum absolute atomic E-state index is 0.0381. The summed E-state index contributed by atoms with van der Waals surface area (Å²) in [4.78, 5) is 11.5. The quantitative estimate of drug-likeness (QED) is 0.558. The van der Waals surface area contributed by atoms with Gasteiger partial charge in [0.25, 0.3) is 0 Å². The van der Waals surface area contributed by atoms with Crippen molar-refractivity contribution in [3.63, 3.8) is 0 Å². The number of unbranched alkanes of at least 4 members (excludes halogenated alkanes) is 2. The molecule has 0 atom stereocenters. The minimum Gasteiger partial charge on any atom is -0.396 e. The lowest BCUT2D eigenvalue weighted by Gasteiger charge is -2.14. The SMILES string of the molecule is O=C(NCCCCCO)Nc1c(F)cccc1C(F)(F)F. The Morgan fingerprint density at radius 1 is 1.19 bits per heavy atom. The number of alkyl halides is 3. The number of amides is 2. The second-order valence-corrected chi connectivity index (χ2v) is 4.33. The molecule has 1 aromatic rings. The Morgan fingerprint density at radius 3 is 2.52 bits per heavy atom. The van der Waals surface area contributed by atoms with Crippen molar-refractivity contribution < 1.29 is 27.5 Å². The number of nitrogens with one attached hydrogen (secondary N) is 2. The van der Waals surface area contributed by atoms with Crippen LogP contribution in [0.1, 0.15) is 24.8 Å². The molecule has 0 heterocycles. The number of rotatable bonds is 6. The van der Waals surface area contributed by atoms with Gasteiger partial charge in [-0.15, -0.1) is 0 Å². The molecule has 0 aliphatic carbocycles. The van der Waals surface area contributed by atoms with E-state index in [2.05, 4.69) is 5.32 Å². The van der Waals surface area contributed by atoms with Crippen LogP contribution < -0.4 is 10.6 Å². The van der Waals surface area contributed by atoms with Gasteiger partial charge in [0.05, 0.1) is 11.3 Å². The summed E-state index contributed by atoms with van der Waals surface area (Å²) in [5, 5.41) is 12.8. The monoisotopic (exact) mass is 308 g/mol. The van der Waals surface area contributed by atoms with E-state index in [4.69, 9.17) is 5.11 Å². The molecule has 4 nitrogen and oxygen atoms in total. The largest absolute Gasteiger partial charge is 0.418 e. The molecule has 0 fully saturated rings. The molecule has 0 spiro atoms. The zero-order chi connectivity index (χ0) is 15.9. The van der Waals surface area contributed by atoms with E-state index in [1.165, 1.54) is 0 Å². The summed E-state index contributed by atoms with van der Waals surface area (Å²) in [5.74, 6) is -1.15. The Kier molecular flexibility index (Phi) is 6.41. The first-order valence-corrected chi connectivity index (χ1v) is 6.37.